The van der Waals surface area contributed by atoms with Crippen LogP contribution in [0.5, 0.6) is 0 Å². The molecule has 0 bridgehead atoms. The predicted molar refractivity (Wildman–Crippen MR) is 78.8 cm³/mol. The van der Waals surface area contributed by atoms with Crippen molar-refractivity contribution in [2.45, 2.75) is 11.1 Å². The SMILES string of the molecule is Cc1csc(C(=O)O)c1NS(=O)(=O)c1sccc1Br. The highest BCUT2D eigenvalue weighted by Gasteiger charge is 2.24. The molecule has 19 heavy (non-hydrogen) atoms. The van der Waals surface area contributed by atoms with Crippen molar-refractivity contribution >= 4 is 60.3 Å². The second kappa shape index (κ2) is 5.23. The Morgan fingerprint density at radius 1 is 1.42 bits per heavy atom. The van der Waals surface area contributed by atoms with Crippen LogP contribution >= 0.6 is 38.6 Å². The van der Waals surface area contributed by atoms with E-state index in [1.807, 2.05) is 0 Å². The molecule has 0 fully saturated rings. The number of carboxylic acid groups (broad SMARTS) is 1. The average molecular weight is 382 g/mol. The molecule has 9 heteroatoms. The highest BCUT2D eigenvalue weighted by molar-refractivity contribution is 9.10. The summed E-state index contributed by atoms with van der Waals surface area (Å²) in [4.78, 5) is 11.0. The molecule has 102 valence electrons. The number of aryl methyl sites for hydroxylation is 1. The molecule has 0 spiro atoms. The molecule has 0 aliphatic rings. The van der Waals surface area contributed by atoms with Crippen LogP contribution in [-0.4, -0.2) is 19.5 Å². The fourth-order valence-electron chi connectivity index (χ4n) is 1.38. The maximum absolute atomic E-state index is 12.2. The highest BCUT2D eigenvalue weighted by Crippen LogP contribution is 2.33. The van der Waals surface area contributed by atoms with E-state index in [2.05, 4.69) is 20.7 Å². The van der Waals surface area contributed by atoms with Crippen molar-refractivity contribution in [3.8, 4) is 0 Å². The molecule has 0 aliphatic heterocycles. The van der Waals surface area contributed by atoms with Crippen molar-refractivity contribution < 1.29 is 18.3 Å². The van der Waals surface area contributed by atoms with Crippen LogP contribution in [0.25, 0.3) is 0 Å². The van der Waals surface area contributed by atoms with Gasteiger partial charge in [-0.1, -0.05) is 0 Å². The third-order valence-electron chi connectivity index (χ3n) is 2.23. The van der Waals surface area contributed by atoms with Crippen LogP contribution in [0.1, 0.15) is 15.2 Å². The number of nitrogens with one attached hydrogen (secondary N) is 1. The average Bonchev–Trinajstić information content (AvgIpc) is 2.86. The number of aromatic carboxylic acids is 1. The summed E-state index contributed by atoms with van der Waals surface area (Å²) in [6.45, 7) is 1.66. The normalized spacial score (nSPS) is 11.5. The summed E-state index contributed by atoms with van der Waals surface area (Å²) in [6, 6.07) is 1.62. The summed E-state index contributed by atoms with van der Waals surface area (Å²) < 4.78 is 27.3. The van der Waals surface area contributed by atoms with Crippen molar-refractivity contribution in [1.82, 2.24) is 0 Å². The van der Waals surface area contributed by atoms with Crippen LogP contribution < -0.4 is 4.72 Å². The van der Waals surface area contributed by atoms with Crippen LogP contribution in [0, 0.1) is 6.92 Å². The third-order valence-corrected chi connectivity index (χ3v) is 7.34. The van der Waals surface area contributed by atoms with Gasteiger partial charge in [-0.25, -0.2) is 13.2 Å². The van der Waals surface area contributed by atoms with E-state index in [1.54, 1.807) is 23.8 Å². The van der Waals surface area contributed by atoms with Crippen LogP contribution in [0.3, 0.4) is 0 Å². The van der Waals surface area contributed by atoms with Gasteiger partial charge < -0.3 is 5.11 Å². The second-order valence-corrected chi connectivity index (χ2v) is 8.12. The quantitative estimate of drug-likeness (QED) is 0.849. The first-order chi connectivity index (χ1) is 8.83. The Bertz CT molecular complexity index is 732. The lowest BCUT2D eigenvalue weighted by molar-refractivity contribution is 0.0703. The molecule has 0 unspecified atom stereocenters. The molecule has 5 nitrogen and oxygen atoms in total. The third kappa shape index (κ3) is 2.83. The first-order valence-corrected chi connectivity index (χ1v) is 8.93. The van der Waals surface area contributed by atoms with Crippen LogP contribution in [-0.2, 0) is 10.0 Å². The lowest BCUT2D eigenvalue weighted by atomic mass is 10.3. The number of sulfonamides is 1. The summed E-state index contributed by atoms with van der Waals surface area (Å²) in [5.41, 5.74) is 0.705. The first kappa shape index (κ1) is 14.5. The molecule has 2 rings (SSSR count). The molecule has 0 saturated heterocycles. The van der Waals surface area contributed by atoms with E-state index in [1.165, 1.54) is 0 Å². The summed E-state index contributed by atoms with van der Waals surface area (Å²) >= 11 is 5.20. The molecule has 0 saturated carbocycles. The molecular weight excluding hydrogens is 374 g/mol. The zero-order chi connectivity index (χ0) is 14.2. The van der Waals surface area contributed by atoms with Gasteiger partial charge in [0.25, 0.3) is 10.0 Å². The number of carboxylic acids is 1. The number of hydrogen-bond acceptors (Lipinski definition) is 5. The van der Waals surface area contributed by atoms with Gasteiger partial charge in [-0.3, -0.25) is 4.72 Å². The van der Waals surface area contributed by atoms with Crippen LogP contribution in [0.4, 0.5) is 5.69 Å². The van der Waals surface area contributed by atoms with Gasteiger partial charge in [0.15, 0.2) is 4.21 Å². The molecule has 2 heterocycles. The molecular formula is C10H8BrNO4S3. The van der Waals surface area contributed by atoms with Crippen molar-refractivity contribution in [1.29, 1.82) is 0 Å². The van der Waals surface area contributed by atoms with Gasteiger partial charge in [-0.05, 0) is 45.2 Å². The Labute approximate surface area is 126 Å². The lowest BCUT2D eigenvalue weighted by Crippen LogP contribution is -2.14. The summed E-state index contributed by atoms with van der Waals surface area (Å²) in [6.07, 6.45) is 0. The topological polar surface area (TPSA) is 83.5 Å². The number of thiophene rings is 2. The number of halogens is 1. The van der Waals surface area contributed by atoms with Gasteiger partial charge >= 0.3 is 5.97 Å². The van der Waals surface area contributed by atoms with Crippen molar-refractivity contribution in [2.75, 3.05) is 4.72 Å². The Balaban J connectivity index is 2.45. The number of hydrogen-bond donors (Lipinski definition) is 2. The molecule has 2 aromatic rings. The Kier molecular flexibility index (Phi) is 4.00. The van der Waals surface area contributed by atoms with E-state index < -0.39 is 16.0 Å². The zero-order valence-corrected chi connectivity index (χ0v) is 13.5. The van der Waals surface area contributed by atoms with E-state index >= 15 is 0 Å². The van der Waals surface area contributed by atoms with Crippen LogP contribution in [0.2, 0.25) is 0 Å². The van der Waals surface area contributed by atoms with Crippen molar-refractivity contribution in [3.05, 3.63) is 31.7 Å². The van der Waals surface area contributed by atoms with Crippen molar-refractivity contribution in [2.24, 2.45) is 0 Å². The Hall–Kier alpha value is -0.900. The van der Waals surface area contributed by atoms with E-state index in [-0.39, 0.29) is 14.8 Å². The monoisotopic (exact) mass is 381 g/mol. The molecule has 2 N–H and O–H groups in total. The van der Waals surface area contributed by atoms with E-state index in [9.17, 15) is 13.2 Å². The number of anilines is 1. The Morgan fingerprint density at radius 3 is 2.63 bits per heavy atom. The highest BCUT2D eigenvalue weighted by atomic mass is 79.9. The minimum atomic E-state index is -3.78. The summed E-state index contributed by atoms with van der Waals surface area (Å²) in [5.74, 6) is -1.15. The Morgan fingerprint density at radius 2 is 2.11 bits per heavy atom. The minimum Gasteiger partial charge on any atom is -0.477 e. The molecule has 0 aromatic carbocycles. The maximum Gasteiger partial charge on any atom is 0.348 e. The van der Waals surface area contributed by atoms with Gasteiger partial charge in [0.2, 0.25) is 0 Å². The van der Waals surface area contributed by atoms with Gasteiger partial charge in [-0.2, -0.15) is 0 Å². The second-order valence-electron chi connectivity index (χ2n) is 3.59. The van der Waals surface area contributed by atoms with Gasteiger partial charge in [0.1, 0.15) is 4.88 Å². The molecule has 0 amide bonds. The fourth-order valence-corrected chi connectivity index (χ4v) is 5.77. The van der Waals surface area contributed by atoms with Crippen LogP contribution in [0.15, 0.2) is 25.5 Å². The lowest BCUT2D eigenvalue weighted by Gasteiger charge is -2.07. The predicted octanol–water partition coefficient (Wildman–Crippen LogP) is 3.38. The standard InChI is InChI=1S/C10H8BrNO4S3/c1-5-4-18-8(9(13)14)7(5)12-19(15,16)10-6(11)2-3-17-10/h2-4,12H,1H3,(H,13,14). The van der Waals surface area contributed by atoms with Gasteiger partial charge in [0, 0.05) is 4.47 Å². The molecule has 0 atom stereocenters. The largest absolute Gasteiger partial charge is 0.477 e. The fraction of sp³-hybridized carbons (Fsp3) is 0.100. The molecule has 2 aromatic heterocycles. The smallest absolute Gasteiger partial charge is 0.348 e. The van der Waals surface area contributed by atoms with E-state index in [4.69, 9.17) is 5.11 Å². The van der Waals surface area contributed by atoms with E-state index in [0.717, 1.165) is 22.7 Å². The maximum atomic E-state index is 12.2. The summed E-state index contributed by atoms with van der Waals surface area (Å²) in [5, 5.41) is 12.3. The van der Waals surface area contributed by atoms with Gasteiger partial charge in [-0.15, -0.1) is 22.7 Å². The summed E-state index contributed by atoms with van der Waals surface area (Å²) in [7, 11) is -3.78. The van der Waals surface area contributed by atoms with Crippen molar-refractivity contribution in [3.63, 3.8) is 0 Å². The first-order valence-electron chi connectivity index (χ1n) is 4.90. The molecule has 0 radical (unpaired) electrons. The minimum absolute atomic E-state index is 0.0197. The number of carbonyl (C=O) groups is 1. The molecule has 0 aliphatic carbocycles. The van der Waals surface area contributed by atoms with E-state index in [0.29, 0.717) is 10.0 Å². The van der Waals surface area contributed by atoms with Gasteiger partial charge in [0.05, 0.1) is 5.69 Å². The zero-order valence-electron chi connectivity index (χ0n) is 9.51. The number of rotatable bonds is 4.